The minimum Gasteiger partial charge on any atom is -0.377 e. The van der Waals surface area contributed by atoms with Crippen molar-refractivity contribution in [3.8, 4) is 10.7 Å². The Morgan fingerprint density at radius 2 is 2.19 bits per heavy atom. The average molecular weight is 376 g/mol. The fourth-order valence-corrected chi connectivity index (χ4v) is 4.14. The lowest BCUT2D eigenvalue weighted by molar-refractivity contribution is -0.133. The molecule has 0 spiro atoms. The molecule has 2 aromatic rings. The van der Waals surface area contributed by atoms with Crippen LogP contribution in [0.1, 0.15) is 25.2 Å². The summed E-state index contributed by atoms with van der Waals surface area (Å²) in [4.78, 5) is 22.2. The van der Waals surface area contributed by atoms with Gasteiger partial charge in [0.25, 0.3) is 0 Å². The minimum absolute atomic E-state index is 0.164. The predicted octanol–water partition coefficient (Wildman–Crippen LogP) is 2.05. The number of amides is 1. The van der Waals surface area contributed by atoms with Crippen LogP contribution >= 0.6 is 11.3 Å². The van der Waals surface area contributed by atoms with Crippen LogP contribution in [-0.2, 0) is 16.0 Å². The van der Waals surface area contributed by atoms with E-state index >= 15 is 0 Å². The molecule has 7 nitrogen and oxygen atoms in total. The zero-order valence-corrected chi connectivity index (χ0v) is 15.6. The van der Waals surface area contributed by atoms with Gasteiger partial charge in [-0.25, -0.2) is 0 Å². The van der Waals surface area contributed by atoms with Crippen LogP contribution in [0.25, 0.3) is 10.7 Å². The molecule has 1 amide bonds. The Morgan fingerprint density at radius 3 is 2.92 bits per heavy atom. The van der Waals surface area contributed by atoms with Crippen LogP contribution in [0.3, 0.4) is 0 Å². The van der Waals surface area contributed by atoms with E-state index in [4.69, 9.17) is 9.26 Å². The zero-order valence-electron chi connectivity index (χ0n) is 14.8. The molecular formula is C18H24N4O3S. The van der Waals surface area contributed by atoms with Gasteiger partial charge in [0.2, 0.25) is 17.6 Å². The summed E-state index contributed by atoms with van der Waals surface area (Å²) in [6, 6.07) is 3.92. The first-order chi connectivity index (χ1) is 12.8. The molecule has 0 aromatic carbocycles. The van der Waals surface area contributed by atoms with Gasteiger partial charge in [0.15, 0.2) is 0 Å². The van der Waals surface area contributed by atoms with Crippen LogP contribution in [-0.4, -0.2) is 71.3 Å². The lowest BCUT2D eigenvalue weighted by Crippen LogP contribution is -2.50. The van der Waals surface area contributed by atoms with E-state index in [2.05, 4.69) is 15.0 Å². The molecule has 2 aromatic heterocycles. The lowest BCUT2D eigenvalue weighted by Gasteiger charge is -2.35. The fourth-order valence-electron chi connectivity index (χ4n) is 3.49. The van der Waals surface area contributed by atoms with E-state index in [-0.39, 0.29) is 5.91 Å². The van der Waals surface area contributed by atoms with Crippen LogP contribution in [0.15, 0.2) is 22.0 Å². The number of thiophene rings is 1. The molecule has 0 bridgehead atoms. The molecule has 0 aliphatic carbocycles. The van der Waals surface area contributed by atoms with Gasteiger partial charge in [-0.1, -0.05) is 11.2 Å². The van der Waals surface area contributed by atoms with Gasteiger partial charge in [0, 0.05) is 52.2 Å². The summed E-state index contributed by atoms with van der Waals surface area (Å²) < 4.78 is 11.0. The SMILES string of the molecule is O=C(CCc1nc(-c2cccs2)no1)N1CCN(CC2CCCO2)CC1. The quantitative estimate of drug-likeness (QED) is 0.768. The molecule has 2 fully saturated rings. The van der Waals surface area contributed by atoms with Gasteiger partial charge in [0.05, 0.1) is 11.0 Å². The van der Waals surface area contributed by atoms with E-state index in [0.29, 0.717) is 30.7 Å². The molecular weight excluding hydrogens is 352 g/mol. The third-order valence-corrected chi connectivity index (χ3v) is 5.84. The summed E-state index contributed by atoms with van der Waals surface area (Å²) in [5.74, 6) is 1.29. The molecule has 2 aliphatic rings. The van der Waals surface area contributed by atoms with Crippen LogP contribution in [0.5, 0.6) is 0 Å². The number of hydrogen-bond donors (Lipinski definition) is 0. The van der Waals surface area contributed by atoms with E-state index in [9.17, 15) is 4.79 Å². The van der Waals surface area contributed by atoms with Gasteiger partial charge in [-0.2, -0.15) is 4.98 Å². The molecule has 2 saturated heterocycles. The second-order valence-electron chi connectivity index (χ2n) is 6.81. The molecule has 0 N–H and O–H groups in total. The molecule has 140 valence electrons. The number of ether oxygens (including phenoxy) is 1. The van der Waals surface area contributed by atoms with Gasteiger partial charge >= 0.3 is 0 Å². The zero-order chi connectivity index (χ0) is 17.8. The summed E-state index contributed by atoms with van der Waals surface area (Å²) in [6.45, 7) is 5.32. The van der Waals surface area contributed by atoms with Crippen molar-refractivity contribution in [3.63, 3.8) is 0 Å². The largest absolute Gasteiger partial charge is 0.377 e. The number of rotatable bonds is 6. The highest BCUT2D eigenvalue weighted by molar-refractivity contribution is 7.13. The summed E-state index contributed by atoms with van der Waals surface area (Å²) in [7, 11) is 0. The van der Waals surface area contributed by atoms with Crippen LogP contribution in [0, 0.1) is 0 Å². The molecule has 8 heteroatoms. The molecule has 1 unspecified atom stereocenters. The molecule has 0 saturated carbocycles. The molecule has 4 heterocycles. The third kappa shape index (κ3) is 4.31. The van der Waals surface area contributed by atoms with Gasteiger partial charge in [-0.05, 0) is 24.3 Å². The maximum atomic E-state index is 12.5. The van der Waals surface area contributed by atoms with Crippen molar-refractivity contribution in [2.75, 3.05) is 39.3 Å². The van der Waals surface area contributed by atoms with Gasteiger partial charge in [-0.3, -0.25) is 9.69 Å². The Kier molecular flexibility index (Phi) is 5.62. The Bertz CT molecular complexity index is 704. The van der Waals surface area contributed by atoms with E-state index in [1.165, 1.54) is 6.42 Å². The van der Waals surface area contributed by atoms with Crippen LogP contribution in [0.4, 0.5) is 0 Å². The number of aryl methyl sites for hydroxylation is 1. The van der Waals surface area contributed by atoms with Crippen molar-refractivity contribution in [3.05, 3.63) is 23.4 Å². The molecule has 26 heavy (non-hydrogen) atoms. The summed E-state index contributed by atoms with van der Waals surface area (Å²) in [5, 5.41) is 5.97. The van der Waals surface area contributed by atoms with E-state index in [0.717, 1.165) is 50.6 Å². The lowest BCUT2D eigenvalue weighted by atomic mass is 10.2. The number of hydrogen-bond acceptors (Lipinski definition) is 7. The predicted molar refractivity (Wildman–Crippen MR) is 97.9 cm³/mol. The normalized spacial score (nSPS) is 21.4. The smallest absolute Gasteiger partial charge is 0.227 e. The Balaban J connectivity index is 1.20. The van der Waals surface area contributed by atoms with Crippen molar-refractivity contribution in [1.29, 1.82) is 0 Å². The topological polar surface area (TPSA) is 71.7 Å². The number of carbonyl (C=O) groups excluding carboxylic acids is 1. The maximum absolute atomic E-state index is 12.5. The first-order valence-corrected chi connectivity index (χ1v) is 10.1. The van der Waals surface area contributed by atoms with E-state index < -0.39 is 0 Å². The Morgan fingerprint density at radius 1 is 1.31 bits per heavy atom. The van der Waals surface area contributed by atoms with Crippen molar-refractivity contribution >= 4 is 17.2 Å². The van der Waals surface area contributed by atoms with E-state index in [1.54, 1.807) is 11.3 Å². The third-order valence-electron chi connectivity index (χ3n) is 4.97. The van der Waals surface area contributed by atoms with Crippen molar-refractivity contribution in [2.24, 2.45) is 0 Å². The van der Waals surface area contributed by atoms with E-state index in [1.807, 2.05) is 22.4 Å². The van der Waals surface area contributed by atoms with Gasteiger partial charge in [-0.15, -0.1) is 11.3 Å². The monoisotopic (exact) mass is 376 g/mol. The summed E-state index contributed by atoms with van der Waals surface area (Å²) in [6.07, 6.45) is 3.63. The number of aromatic nitrogens is 2. The number of nitrogens with zero attached hydrogens (tertiary/aromatic N) is 4. The molecule has 0 radical (unpaired) electrons. The number of carbonyl (C=O) groups is 1. The van der Waals surface area contributed by atoms with Crippen molar-refractivity contribution < 1.29 is 14.1 Å². The molecule has 4 rings (SSSR count). The number of piperazine rings is 1. The van der Waals surface area contributed by atoms with Gasteiger partial charge in [0.1, 0.15) is 0 Å². The second-order valence-corrected chi connectivity index (χ2v) is 7.75. The first-order valence-electron chi connectivity index (χ1n) is 9.26. The van der Waals surface area contributed by atoms with Crippen molar-refractivity contribution in [1.82, 2.24) is 19.9 Å². The van der Waals surface area contributed by atoms with Crippen molar-refractivity contribution in [2.45, 2.75) is 31.8 Å². The highest BCUT2D eigenvalue weighted by atomic mass is 32.1. The first kappa shape index (κ1) is 17.6. The summed E-state index contributed by atoms with van der Waals surface area (Å²) >= 11 is 1.57. The Hall–Kier alpha value is -1.77. The standard InChI is InChI=1S/C18H24N4O3S/c23-17(6-5-16-19-18(20-25-16)15-4-2-12-26-15)22-9-7-21(8-10-22)13-14-3-1-11-24-14/h2,4,12,14H,1,3,5-11,13H2. The van der Waals surface area contributed by atoms with Crippen LogP contribution in [0.2, 0.25) is 0 Å². The Labute approximate surface area is 156 Å². The maximum Gasteiger partial charge on any atom is 0.227 e. The minimum atomic E-state index is 0.164. The van der Waals surface area contributed by atoms with Crippen LogP contribution < -0.4 is 0 Å². The molecule has 2 aliphatic heterocycles. The highest BCUT2D eigenvalue weighted by Gasteiger charge is 2.25. The average Bonchev–Trinajstić information content (AvgIpc) is 3.41. The van der Waals surface area contributed by atoms with Gasteiger partial charge < -0.3 is 14.2 Å². The second kappa shape index (κ2) is 8.28. The molecule has 1 atom stereocenters. The fraction of sp³-hybridized carbons (Fsp3) is 0.611. The summed E-state index contributed by atoms with van der Waals surface area (Å²) in [5.41, 5.74) is 0. The highest BCUT2D eigenvalue weighted by Crippen LogP contribution is 2.21.